The average Bonchev–Trinajstić information content (AvgIpc) is 2.31. The number of anilines is 1. The summed E-state index contributed by atoms with van der Waals surface area (Å²) in [6.07, 6.45) is 0.923. The van der Waals surface area contributed by atoms with Gasteiger partial charge in [0.15, 0.2) is 0 Å². The first kappa shape index (κ1) is 9.74. The van der Waals surface area contributed by atoms with E-state index < -0.39 is 0 Å². The second kappa shape index (κ2) is 4.62. The third kappa shape index (κ3) is 2.58. The summed E-state index contributed by atoms with van der Waals surface area (Å²) in [5.74, 6) is 0. The average molecular weight is 199 g/mol. The van der Waals surface area contributed by atoms with Crippen LogP contribution in [0.4, 0.5) is 5.69 Å². The second-order valence-electron chi connectivity index (χ2n) is 3.47. The van der Waals surface area contributed by atoms with Crippen LogP contribution in [0.3, 0.4) is 0 Å². The molecule has 0 amide bonds. The largest absolute Gasteiger partial charge is 0.291 e. The van der Waals surface area contributed by atoms with Gasteiger partial charge in [0.25, 0.3) is 0 Å². The topological polar surface area (TPSA) is 32.3 Å². The first-order chi connectivity index (χ1) is 7.38. The highest BCUT2D eigenvalue weighted by atomic mass is 16.5. The zero-order chi connectivity index (χ0) is 10.5. The first-order valence-electron chi connectivity index (χ1n) is 4.91. The molecule has 0 aliphatic rings. The lowest BCUT2D eigenvalue weighted by Crippen LogP contribution is -1.91. The molecule has 0 spiro atoms. The van der Waals surface area contributed by atoms with Crippen molar-refractivity contribution in [3.8, 4) is 0 Å². The summed E-state index contributed by atoms with van der Waals surface area (Å²) in [6, 6.07) is 18.0. The molecule has 0 saturated heterocycles. The number of hydrogen-bond acceptors (Lipinski definition) is 2. The summed E-state index contributed by atoms with van der Waals surface area (Å²) < 4.78 is 0. The Morgan fingerprint density at radius 3 is 2.00 bits per heavy atom. The Balaban J connectivity index is 2.11. The molecule has 0 aliphatic carbocycles. The Bertz CT molecular complexity index is 408. The maximum atomic E-state index is 8.67. The highest BCUT2D eigenvalue weighted by Crippen LogP contribution is 2.12. The van der Waals surface area contributed by atoms with Crippen molar-refractivity contribution < 1.29 is 5.21 Å². The van der Waals surface area contributed by atoms with Crippen LogP contribution in [-0.4, -0.2) is 5.21 Å². The van der Waals surface area contributed by atoms with Crippen LogP contribution in [0.5, 0.6) is 0 Å². The minimum absolute atomic E-state index is 0.715. The second-order valence-corrected chi connectivity index (χ2v) is 3.47. The summed E-state index contributed by atoms with van der Waals surface area (Å²) in [6.45, 7) is 0. The van der Waals surface area contributed by atoms with E-state index in [2.05, 4.69) is 17.6 Å². The Hall–Kier alpha value is -1.80. The molecule has 76 valence electrons. The van der Waals surface area contributed by atoms with Crippen LogP contribution in [0, 0.1) is 0 Å². The zero-order valence-corrected chi connectivity index (χ0v) is 8.35. The van der Waals surface area contributed by atoms with E-state index in [1.54, 1.807) is 0 Å². The van der Waals surface area contributed by atoms with Crippen LogP contribution < -0.4 is 5.48 Å². The van der Waals surface area contributed by atoms with Gasteiger partial charge in [-0.15, -0.1) is 0 Å². The smallest absolute Gasteiger partial charge is 0.0602 e. The summed E-state index contributed by atoms with van der Waals surface area (Å²) >= 11 is 0. The van der Waals surface area contributed by atoms with Crippen LogP contribution in [0.15, 0.2) is 54.6 Å². The molecule has 0 unspecified atom stereocenters. The van der Waals surface area contributed by atoms with Gasteiger partial charge in [-0.2, -0.15) is 0 Å². The molecule has 0 radical (unpaired) electrons. The van der Waals surface area contributed by atoms with Crippen molar-refractivity contribution in [2.75, 3.05) is 5.48 Å². The molecule has 2 rings (SSSR count). The van der Waals surface area contributed by atoms with E-state index in [1.807, 2.05) is 42.5 Å². The van der Waals surface area contributed by atoms with E-state index in [0.717, 1.165) is 6.42 Å². The van der Waals surface area contributed by atoms with Gasteiger partial charge in [0.05, 0.1) is 5.69 Å². The van der Waals surface area contributed by atoms with Crippen LogP contribution in [0.25, 0.3) is 0 Å². The van der Waals surface area contributed by atoms with E-state index in [0.29, 0.717) is 5.69 Å². The molecule has 2 N–H and O–H groups in total. The summed E-state index contributed by atoms with van der Waals surface area (Å²) in [5, 5.41) is 8.67. The minimum Gasteiger partial charge on any atom is -0.291 e. The lowest BCUT2D eigenvalue weighted by Gasteiger charge is -2.03. The predicted octanol–water partition coefficient (Wildman–Crippen LogP) is 3.08. The van der Waals surface area contributed by atoms with Gasteiger partial charge >= 0.3 is 0 Å². The Morgan fingerprint density at radius 1 is 0.800 bits per heavy atom. The van der Waals surface area contributed by atoms with Crippen molar-refractivity contribution in [3.05, 3.63) is 65.7 Å². The number of nitrogens with one attached hydrogen (secondary N) is 1. The van der Waals surface area contributed by atoms with Crippen LogP contribution in [-0.2, 0) is 6.42 Å². The fraction of sp³-hybridized carbons (Fsp3) is 0.0769. The van der Waals surface area contributed by atoms with Gasteiger partial charge in [0.1, 0.15) is 0 Å². The van der Waals surface area contributed by atoms with Gasteiger partial charge in [-0.3, -0.25) is 10.7 Å². The standard InChI is InChI=1S/C13H13NO/c15-14-13-8-6-12(7-9-13)10-11-4-2-1-3-5-11/h1-9,14-15H,10H2. The molecule has 2 heteroatoms. The number of hydrogen-bond donors (Lipinski definition) is 2. The fourth-order valence-corrected chi connectivity index (χ4v) is 1.53. The van der Waals surface area contributed by atoms with Gasteiger partial charge < -0.3 is 0 Å². The third-order valence-electron chi connectivity index (χ3n) is 2.33. The molecule has 0 heterocycles. The maximum Gasteiger partial charge on any atom is 0.0602 e. The Kier molecular flexibility index (Phi) is 3.00. The van der Waals surface area contributed by atoms with E-state index >= 15 is 0 Å². The van der Waals surface area contributed by atoms with E-state index in [1.165, 1.54) is 11.1 Å². The molecular weight excluding hydrogens is 186 g/mol. The van der Waals surface area contributed by atoms with Crippen molar-refractivity contribution in [2.24, 2.45) is 0 Å². The normalized spacial score (nSPS) is 9.93. The van der Waals surface area contributed by atoms with Crippen LogP contribution in [0.2, 0.25) is 0 Å². The van der Waals surface area contributed by atoms with E-state index in [9.17, 15) is 0 Å². The molecule has 2 aromatic rings. The first-order valence-corrected chi connectivity index (χ1v) is 4.91. The third-order valence-corrected chi connectivity index (χ3v) is 2.33. The van der Waals surface area contributed by atoms with Gasteiger partial charge in [-0.25, -0.2) is 0 Å². The van der Waals surface area contributed by atoms with Crippen molar-refractivity contribution in [1.29, 1.82) is 0 Å². The molecular formula is C13H13NO. The zero-order valence-electron chi connectivity index (χ0n) is 8.35. The molecule has 2 aromatic carbocycles. The summed E-state index contributed by atoms with van der Waals surface area (Å²) in [5.41, 5.74) is 5.36. The molecule has 0 aromatic heterocycles. The lowest BCUT2D eigenvalue weighted by atomic mass is 10.1. The van der Waals surface area contributed by atoms with Crippen molar-refractivity contribution in [3.63, 3.8) is 0 Å². The Morgan fingerprint density at radius 2 is 1.40 bits per heavy atom. The van der Waals surface area contributed by atoms with E-state index in [4.69, 9.17) is 5.21 Å². The fourth-order valence-electron chi connectivity index (χ4n) is 1.53. The SMILES string of the molecule is ONc1ccc(Cc2ccccc2)cc1. The summed E-state index contributed by atoms with van der Waals surface area (Å²) in [7, 11) is 0. The summed E-state index contributed by atoms with van der Waals surface area (Å²) in [4.78, 5) is 0. The molecule has 15 heavy (non-hydrogen) atoms. The molecule has 0 aliphatic heterocycles. The molecule has 2 nitrogen and oxygen atoms in total. The molecule has 0 fully saturated rings. The lowest BCUT2D eigenvalue weighted by molar-refractivity contribution is 0.389. The van der Waals surface area contributed by atoms with Crippen LogP contribution in [0.1, 0.15) is 11.1 Å². The Labute approximate surface area is 89.2 Å². The van der Waals surface area contributed by atoms with Gasteiger partial charge in [0, 0.05) is 0 Å². The van der Waals surface area contributed by atoms with Crippen molar-refractivity contribution in [2.45, 2.75) is 6.42 Å². The predicted molar refractivity (Wildman–Crippen MR) is 61.1 cm³/mol. The molecule has 0 atom stereocenters. The highest BCUT2D eigenvalue weighted by molar-refractivity contribution is 5.43. The number of benzene rings is 2. The number of rotatable bonds is 3. The van der Waals surface area contributed by atoms with Crippen molar-refractivity contribution in [1.82, 2.24) is 0 Å². The monoisotopic (exact) mass is 199 g/mol. The van der Waals surface area contributed by atoms with Gasteiger partial charge in [-0.1, -0.05) is 42.5 Å². The quantitative estimate of drug-likeness (QED) is 0.744. The van der Waals surface area contributed by atoms with Crippen LogP contribution >= 0.6 is 0 Å². The molecule has 0 saturated carbocycles. The maximum absolute atomic E-state index is 8.67. The van der Waals surface area contributed by atoms with Gasteiger partial charge in [0.2, 0.25) is 0 Å². The highest BCUT2D eigenvalue weighted by Gasteiger charge is 1.95. The minimum atomic E-state index is 0.715. The van der Waals surface area contributed by atoms with Gasteiger partial charge in [-0.05, 0) is 29.7 Å². The van der Waals surface area contributed by atoms with E-state index in [-0.39, 0.29) is 0 Å². The van der Waals surface area contributed by atoms with Crippen molar-refractivity contribution >= 4 is 5.69 Å². The molecule has 0 bridgehead atoms.